The number of benzene rings is 1. The van der Waals surface area contributed by atoms with E-state index >= 15 is 0 Å². The van der Waals surface area contributed by atoms with Gasteiger partial charge in [0.05, 0.1) is 12.9 Å². The molecular formula is C16H21NOS. The first-order chi connectivity index (χ1) is 9.33. The van der Waals surface area contributed by atoms with Crippen LogP contribution in [0, 0.1) is 12.3 Å². The summed E-state index contributed by atoms with van der Waals surface area (Å²) in [6.07, 6.45) is 7.70. The van der Waals surface area contributed by atoms with Crippen LogP contribution >= 0.6 is 11.8 Å². The van der Waals surface area contributed by atoms with Crippen molar-refractivity contribution >= 4 is 11.8 Å². The van der Waals surface area contributed by atoms with Crippen molar-refractivity contribution in [3.8, 4) is 18.1 Å². The quantitative estimate of drug-likeness (QED) is 0.611. The zero-order chi connectivity index (χ0) is 13.5. The maximum Gasteiger partial charge on any atom is 0.118 e. The van der Waals surface area contributed by atoms with Crippen LogP contribution in [0.5, 0.6) is 5.75 Å². The monoisotopic (exact) mass is 275 g/mol. The Hall–Kier alpha value is -1.11. The summed E-state index contributed by atoms with van der Waals surface area (Å²) in [5, 5.41) is 3.59. The maximum atomic E-state index is 5.21. The summed E-state index contributed by atoms with van der Waals surface area (Å²) in [7, 11) is 1.70. The first-order valence-corrected chi connectivity index (χ1v) is 7.87. The molecule has 0 spiro atoms. The number of methoxy groups -OCH3 is 1. The number of ether oxygens (including phenoxy) is 1. The molecule has 19 heavy (non-hydrogen) atoms. The van der Waals surface area contributed by atoms with Gasteiger partial charge in [-0.3, -0.25) is 0 Å². The van der Waals surface area contributed by atoms with Gasteiger partial charge in [-0.05, 0) is 36.5 Å². The molecule has 0 saturated heterocycles. The number of hydrogen-bond acceptors (Lipinski definition) is 3. The van der Waals surface area contributed by atoms with E-state index in [4.69, 9.17) is 11.2 Å². The molecular weight excluding hydrogens is 254 g/mol. The Bertz CT molecular complexity index is 417. The molecule has 1 aliphatic carbocycles. The lowest BCUT2D eigenvalue weighted by atomic mass is 9.76. The molecule has 1 fully saturated rings. The minimum atomic E-state index is 0.679. The number of thioether (sulfide) groups is 1. The van der Waals surface area contributed by atoms with Gasteiger partial charge in [0.2, 0.25) is 0 Å². The summed E-state index contributed by atoms with van der Waals surface area (Å²) in [5.74, 6) is 6.22. The second-order valence-electron chi connectivity index (χ2n) is 4.85. The molecule has 1 aliphatic rings. The minimum absolute atomic E-state index is 0.679. The van der Waals surface area contributed by atoms with E-state index < -0.39 is 0 Å². The van der Waals surface area contributed by atoms with E-state index in [1.807, 2.05) is 23.9 Å². The van der Waals surface area contributed by atoms with Crippen LogP contribution in [0.3, 0.4) is 0 Å². The minimum Gasteiger partial charge on any atom is -0.497 e. The smallest absolute Gasteiger partial charge is 0.118 e. The number of nitrogens with one attached hydrogen (secondary N) is 1. The van der Waals surface area contributed by atoms with E-state index in [1.165, 1.54) is 18.4 Å². The summed E-state index contributed by atoms with van der Waals surface area (Å²) in [6, 6.07) is 9.14. The van der Waals surface area contributed by atoms with Gasteiger partial charge in [-0.15, -0.1) is 18.2 Å². The molecule has 2 rings (SSSR count). The van der Waals surface area contributed by atoms with Gasteiger partial charge >= 0.3 is 0 Å². The van der Waals surface area contributed by atoms with Crippen molar-refractivity contribution in [2.75, 3.05) is 25.2 Å². The fourth-order valence-electron chi connectivity index (χ4n) is 2.40. The van der Waals surface area contributed by atoms with Crippen LogP contribution in [0.15, 0.2) is 24.3 Å². The highest BCUT2D eigenvalue weighted by Crippen LogP contribution is 2.37. The van der Waals surface area contributed by atoms with Gasteiger partial charge in [0.25, 0.3) is 0 Å². The zero-order valence-corrected chi connectivity index (χ0v) is 12.2. The molecule has 0 radical (unpaired) electrons. The van der Waals surface area contributed by atoms with Crippen LogP contribution in [0.2, 0.25) is 0 Å². The van der Waals surface area contributed by atoms with Crippen molar-refractivity contribution in [3.63, 3.8) is 0 Å². The molecule has 3 heteroatoms. The van der Waals surface area contributed by atoms with Crippen molar-refractivity contribution in [2.45, 2.75) is 24.8 Å². The molecule has 0 unspecified atom stereocenters. The molecule has 0 bridgehead atoms. The summed E-state index contributed by atoms with van der Waals surface area (Å²) in [4.78, 5) is 0. The van der Waals surface area contributed by atoms with Gasteiger partial charge in [0.1, 0.15) is 5.75 Å². The van der Waals surface area contributed by atoms with Crippen molar-refractivity contribution in [1.29, 1.82) is 0 Å². The molecule has 102 valence electrons. The van der Waals surface area contributed by atoms with Crippen molar-refractivity contribution < 1.29 is 4.74 Å². The third kappa shape index (κ3) is 4.19. The molecule has 0 amide bonds. The molecule has 1 aromatic carbocycles. The van der Waals surface area contributed by atoms with Crippen molar-refractivity contribution in [3.05, 3.63) is 29.8 Å². The van der Waals surface area contributed by atoms with Gasteiger partial charge in [0, 0.05) is 18.3 Å². The molecule has 1 N–H and O–H groups in total. The van der Waals surface area contributed by atoms with Crippen LogP contribution in [0.25, 0.3) is 0 Å². The molecule has 0 atom stereocenters. The number of hydrogen-bond donors (Lipinski definition) is 1. The number of terminal acetylenes is 1. The Balaban J connectivity index is 1.64. The molecule has 1 saturated carbocycles. The largest absolute Gasteiger partial charge is 0.497 e. The van der Waals surface area contributed by atoms with Crippen molar-refractivity contribution in [2.24, 2.45) is 0 Å². The van der Waals surface area contributed by atoms with Crippen LogP contribution in [0.4, 0.5) is 0 Å². The Kier molecular flexibility index (Phi) is 5.62. The van der Waals surface area contributed by atoms with Gasteiger partial charge in [-0.1, -0.05) is 18.1 Å². The molecule has 0 heterocycles. The van der Waals surface area contributed by atoms with Crippen molar-refractivity contribution in [1.82, 2.24) is 5.32 Å². The molecule has 0 aromatic heterocycles. The first-order valence-electron chi connectivity index (χ1n) is 6.72. The summed E-state index contributed by atoms with van der Waals surface area (Å²) in [5.41, 5.74) is 1.43. The second-order valence-corrected chi connectivity index (χ2v) is 5.95. The number of rotatable bonds is 7. The Morgan fingerprint density at radius 3 is 2.74 bits per heavy atom. The van der Waals surface area contributed by atoms with Gasteiger partial charge in [-0.2, -0.15) is 0 Å². The van der Waals surface area contributed by atoms with Gasteiger partial charge in [0.15, 0.2) is 0 Å². The summed E-state index contributed by atoms with van der Waals surface area (Å²) in [6.45, 7) is 1.06. The molecule has 0 aliphatic heterocycles. The van der Waals surface area contributed by atoms with Crippen LogP contribution < -0.4 is 10.1 Å². The Labute approximate surface area is 120 Å². The predicted molar refractivity (Wildman–Crippen MR) is 82.9 cm³/mol. The van der Waals surface area contributed by atoms with Gasteiger partial charge < -0.3 is 10.1 Å². The van der Waals surface area contributed by atoms with Gasteiger partial charge in [-0.25, -0.2) is 0 Å². The Morgan fingerprint density at radius 2 is 2.11 bits per heavy atom. The van der Waals surface area contributed by atoms with E-state index in [0.717, 1.165) is 23.8 Å². The highest BCUT2D eigenvalue weighted by atomic mass is 32.2. The van der Waals surface area contributed by atoms with E-state index in [9.17, 15) is 0 Å². The van der Waals surface area contributed by atoms with E-state index in [0.29, 0.717) is 12.0 Å². The van der Waals surface area contributed by atoms with E-state index in [2.05, 4.69) is 23.4 Å². The first kappa shape index (κ1) is 14.3. The van der Waals surface area contributed by atoms with Crippen LogP contribution in [0.1, 0.15) is 24.3 Å². The van der Waals surface area contributed by atoms with Crippen LogP contribution in [-0.2, 0) is 0 Å². The third-order valence-electron chi connectivity index (χ3n) is 3.59. The predicted octanol–water partition coefficient (Wildman–Crippen LogP) is 2.90. The lowest BCUT2D eigenvalue weighted by Crippen LogP contribution is -2.41. The van der Waals surface area contributed by atoms with E-state index in [1.54, 1.807) is 7.11 Å². The highest BCUT2D eigenvalue weighted by molar-refractivity contribution is 7.99. The topological polar surface area (TPSA) is 21.3 Å². The SMILES string of the molecule is C#CCSCCNC1CC(c2ccc(OC)cc2)C1. The third-order valence-corrected chi connectivity index (χ3v) is 4.45. The summed E-state index contributed by atoms with van der Waals surface area (Å²) >= 11 is 1.82. The van der Waals surface area contributed by atoms with Crippen LogP contribution in [-0.4, -0.2) is 31.2 Å². The normalized spacial score (nSPS) is 21.5. The lowest BCUT2D eigenvalue weighted by Gasteiger charge is -2.36. The lowest BCUT2D eigenvalue weighted by molar-refractivity contribution is 0.296. The molecule has 1 aromatic rings. The second kappa shape index (κ2) is 7.47. The maximum absolute atomic E-state index is 5.21. The average Bonchev–Trinajstić information content (AvgIpc) is 2.41. The standard InChI is InChI=1S/C16H21NOS/c1-3-9-19-10-8-17-15-11-14(12-15)13-4-6-16(18-2)7-5-13/h1,4-7,14-15,17H,8-12H2,2H3. The Morgan fingerprint density at radius 1 is 1.37 bits per heavy atom. The highest BCUT2D eigenvalue weighted by Gasteiger charge is 2.29. The fourth-order valence-corrected chi connectivity index (χ4v) is 2.92. The fraction of sp³-hybridized carbons (Fsp3) is 0.500. The average molecular weight is 275 g/mol. The zero-order valence-electron chi connectivity index (χ0n) is 11.4. The van der Waals surface area contributed by atoms with E-state index in [-0.39, 0.29) is 0 Å². The molecule has 2 nitrogen and oxygen atoms in total. The summed E-state index contributed by atoms with van der Waals surface area (Å²) < 4.78 is 5.18.